The van der Waals surface area contributed by atoms with Crippen molar-refractivity contribution in [3.8, 4) is 0 Å². The van der Waals surface area contributed by atoms with Crippen molar-refractivity contribution in [2.24, 2.45) is 5.41 Å². The number of likely N-dealkylation sites (tertiary alicyclic amines) is 1. The van der Waals surface area contributed by atoms with E-state index in [-0.39, 0.29) is 0 Å². The predicted octanol–water partition coefficient (Wildman–Crippen LogP) is 3.61. The summed E-state index contributed by atoms with van der Waals surface area (Å²) in [5.74, 6) is 0. The molecule has 1 heterocycles. The van der Waals surface area contributed by atoms with Crippen LogP contribution in [0.4, 0.5) is 0 Å². The Labute approximate surface area is 118 Å². The van der Waals surface area contributed by atoms with E-state index in [0.29, 0.717) is 5.41 Å². The molecule has 0 saturated carbocycles. The summed E-state index contributed by atoms with van der Waals surface area (Å²) in [5, 5.41) is 0. The lowest BCUT2D eigenvalue weighted by atomic mass is 9.74. The summed E-state index contributed by atoms with van der Waals surface area (Å²) in [6, 6.07) is 10.8. The van der Waals surface area contributed by atoms with E-state index in [9.17, 15) is 0 Å². The topological polar surface area (TPSA) is 12.5 Å². The predicted molar refractivity (Wildman–Crippen MR) is 82.5 cm³/mol. The first-order valence-corrected chi connectivity index (χ1v) is 7.46. The Balaban J connectivity index is 0.000000861. The Hall–Kier alpha value is -0.860. The summed E-state index contributed by atoms with van der Waals surface area (Å²) >= 11 is 0. The van der Waals surface area contributed by atoms with Gasteiger partial charge in [0.15, 0.2) is 0 Å². The molecule has 108 valence electrons. The van der Waals surface area contributed by atoms with Gasteiger partial charge in [-0.1, -0.05) is 44.2 Å². The minimum absolute atomic E-state index is 0.350. The van der Waals surface area contributed by atoms with Gasteiger partial charge in [0.1, 0.15) is 0 Å². The first-order valence-electron chi connectivity index (χ1n) is 7.46. The molecule has 0 amide bonds. The molecule has 1 aromatic carbocycles. The summed E-state index contributed by atoms with van der Waals surface area (Å²) in [5.41, 5.74) is 1.79. The number of hydrogen-bond donors (Lipinski definition) is 0. The zero-order valence-electron chi connectivity index (χ0n) is 13.0. The maximum Gasteiger partial charge on any atom is 0.0522 e. The minimum Gasteiger partial charge on any atom is -0.384 e. The maximum atomic E-state index is 5.47. The number of hydrogen-bond acceptors (Lipinski definition) is 2. The quantitative estimate of drug-likeness (QED) is 0.823. The van der Waals surface area contributed by atoms with Crippen molar-refractivity contribution in [1.82, 2.24) is 4.90 Å². The van der Waals surface area contributed by atoms with Crippen molar-refractivity contribution < 1.29 is 4.74 Å². The molecule has 0 unspecified atom stereocenters. The van der Waals surface area contributed by atoms with Gasteiger partial charge in [-0.3, -0.25) is 0 Å². The molecule has 0 atom stereocenters. The van der Waals surface area contributed by atoms with Crippen LogP contribution in [0, 0.1) is 5.41 Å². The van der Waals surface area contributed by atoms with E-state index in [1.54, 1.807) is 0 Å². The van der Waals surface area contributed by atoms with Crippen LogP contribution < -0.4 is 0 Å². The first kappa shape index (κ1) is 16.2. The minimum atomic E-state index is 0.350. The number of methoxy groups -OCH3 is 1. The normalized spacial score (nSPS) is 18.5. The number of piperidine rings is 1. The highest BCUT2D eigenvalue weighted by Gasteiger charge is 2.33. The average Bonchev–Trinajstić information content (AvgIpc) is 2.46. The smallest absolute Gasteiger partial charge is 0.0522 e. The third-order valence-corrected chi connectivity index (χ3v) is 3.92. The molecule has 2 nitrogen and oxygen atoms in total. The summed E-state index contributed by atoms with van der Waals surface area (Å²) in [6.45, 7) is 7.27. The number of benzene rings is 1. The van der Waals surface area contributed by atoms with Gasteiger partial charge in [-0.2, -0.15) is 0 Å². The SMILES string of the molecule is CC.COCC1(Cc2ccccc2)CCN(C)CC1. The van der Waals surface area contributed by atoms with Crippen molar-refractivity contribution in [1.29, 1.82) is 0 Å². The molecule has 0 N–H and O–H groups in total. The van der Waals surface area contributed by atoms with Gasteiger partial charge in [0.05, 0.1) is 6.61 Å². The van der Waals surface area contributed by atoms with Crippen molar-refractivity contribution in [2.45, 2.75) is 33.1 Å². The average molecular weight is 263 g/mol. The van der Waals surface area contributed by atoms with Crippen molar-refractivity contribution in [2.75, 3.05) is 33.9 Å². The van der Waals surface area contributed by atoms with Crippen LogP contribution in [-0.4, -0.2) is 38.8 Å². The first-order chi connectivity index (χ1) is 9.24. The highest BCUT2D eigenvalue weighted by Crippen LogP contribution is 2.35. The van der Waals surface area contributed by atoms with Gasteiger partial charge in [0.2, 0.25) is 0 Å². The van der Waals surface area contributed by atoms with Crippen molar-refractivity contribution in [3.63, 3.8) is 0 Å². The van der Waals surface area contributed by atoms with E-state index in [2.05, 4.69) is 42.3 Å². The molecule has 0 aromatic heterocycles. The highest BCUT2D eigenvalue weighted by atomic mass is 16.5. The van der Waals surface area contributed by atoms with Gasteiger partial charge in [0.25, 0.3) is 0 Å². The molecule has 0 radical (unpaired) electrons. The number of rotatable bonds is 4. The van der Waals surface area contributed by atoms with E-state index in [1.807, 2.05) is 21.0 Å². The van der Waals surface area contributed by atoms with Crippen LogP contribution in [-0.2, 0) is 11.2 Å². The lowest BCUT2D eigenvalue weighted by molar-refractivity contribution is 0.0281. The zero-order chi connectivity index (χ0) is 14.1. The number of nitrogens with zero attached hydrogens (tertiary/aromatic N) is 1. The van der Waals surface area contributed by atoms with Crippen LogP contribution in [0.15, 0.2) is 30.3 Å². The Morgan fingerprint density at radius 2 is 1.68 bits per heavy atom. The molecule has 2 rings (SSSR count). The number of ether oxygens (including phenoxy) is 1. The van der Waals surface area contributed by atoms with Crippen LogP contribution in [0.25, 0.3) is 0 Å². The van der Waals surface area contributed by atoms with E-state index in [1.165, 1.54) is 31.5 Å². The molecule has 1 fully saturated rings. The highest BCUT2D eigenvalue weighted by molar-refractivity contribution is 5.17. The van der Waals surface area contributed by atoms with Gasteiger partial charge >= 0.3 is 0 Å². The molecule has 1 aromatic rings. The molecular formula is C17H29NO. The fourth-order valence-corrected chi connectivity index (χ4v) is 2.80. The second-order valence-electron chi connectivity index (χ2n) is 5.40. The molecule has 19 heavy (non-hydrogen) atoms. The Morgan fingerprint density at radius 3 is 2.21 bits per heavy atom. The molecule has 1 aliphatic rings. The fraction of sp³-hybridized carbons (Fsp3) is 0.647. The van der Waals surface area contributed by atoms with Crippen LogP contribution >= 0.6 is 0 Å². The molecule has 1 saturated heterocycles. The van der Waals surface area contributed by atoms with Crippen LogP contribution in [0.1, 0.15) is 32.3 Å². The van der Waals surface area contributed by atoms with Gasteiger partial charge in [-0.25, -0.2) is 0 Å². The summed E-state index contributed by atoms with van der Waals surface area (Å²) in [6.07, 6.45) is 3.63. The van der Waals surface area contributed by atoms with E-state index >= 15 is 0 Å². The van der Waals surface area contributed by atoms with Gasteiger partial charge in [-0.05, 0) is 45.0 Å². The van der Waals surface area contributed by atoms with Crippen LogP contribution in [0.5, 0.6) is 0 Å². The third kappa shape index (κ3) is 4.96. The Morgan fingerprint density at radius 1 is 1.11 bits per heavy atom. The van der Waals surface area contributed by atoms with E-state index in [0.717, 1.165) is 13.0 Å². The molecule has 1 aliphatic heterocycles. The summed E-state index contributed by atoms with van der Waals surface area (Å²) in [4.78, 5) is 2.42. The van der Waals surface area contributed by atoms with E-state index < -0.39 is 0 Å². The lowest BCUT2D eigenvalue weighted by Crippen LogP contribution is -2.41. The zero-order valence-corrected chi connectivity index (χ0v) is 13.0. The monoisotopic (exact) mass is 263 g/mol. The van der Waals surface area contributed by atoms with Gasteiger partial charge < -0.3 is 9.64 Å². The fourth-order valence-electron chi connectivity index (χ4n) is 2.80. The maximum absolute atomic E-state index is 5.47. The third-order valence-electron chi connectivity index (χ3n) is 3.92. The van der Waals surface area contributed by atoms with Crippen LogP contribution in [0.3, 0.4) is 0 Å². The van der Waals surface area contributed by atoms with Crippen LogP contribution in [0.2, 0.25) is 0 Å². The van der Waals surface area contributed by atoms with Crippen molar-refractivity contribution in [3.05, 3.63) is 35.9 Å². The largest absolute Gasteiger partial charge is 0.384 e. The Bertz CT molecular complexity index is 328. The summed E-state index contributed by atoms with van der Waals surface area (Å²) < 4.78 is 5.47. The van der Waals surface area contributed by atoms with Gasteiger partial charge in [-0.15, -0.1) is 0 Å². The lowest BCUT2D eigenvalue weighted by Gasteiger charge is -2.40. The standard InChI is InChI=1S/C15H23NO.C2H6/c1-16-10-8-15(9-11-16,13-17-2)12-14-6-4-3-5-7-14;1-2/h3-7H,8-13H2,1-2H3;1-2H3. The Kier molecular flexibility index (Phi) is 7.11. The van der Waals surface area contributed by atoms with Gasteiger partial charge in [0, 0.05) is 12.5 Å². The molecule has 0 bridgehead atoms. The molecule has 0 spiro atoms. The summed E-state index contributed by atoms with van der Waals surface area (Å²) in [7, 11) is 4.03. The second kappa shape index (κ2) is 8.34. The molecule has 2 heteroatoms. The second-order valence-corrected chi connectivity index (χ2v) is 5.40. The molecule has 0 aliphatic carbocycles. The van der Waals surface area contributed by atoms with E-state index in [4.69, 9.17) is 4.74 Å². The molecular weight excluding hydrogens is 234 g/mol. The van der Waals surface area contributed by atoms with Crippen molar-refractivity contribution >= 4 is 0 Å².